The van der Waals surface area contributed by atoms with Crippen molar-refractivity contribution in [3.8, 4) is 11.4 Å². The molecule has 5 rings (SSSR count). The van der Waals surface area contributed by atoms with E-state index in [2.05, 4.69) is 44.2 Å². The van der Waals surface area contributed by atoms with Crippen LogP contribution < -0.4 is 10.7 Å². The first kappa shape index (κ1) is 26.3. The van der Waals surface area contributed by atoms with Crippen molar-refractivity contribution < 1.29 is 9.90 Å². The van der Waals surface area contributed by atoms with Gasteiger partial charge in [-0.2, -0.15) is 5.10 Å². The third-order valence-corrected chi connectivity index (χ3v) is 7.24. The van der Waals surface area contributed by atoms with Gasteiger partial charge in [-0.3, -0.25) is 9.36 Å². The molecule has 3 N–H and O–H groups in total. The molecule has 8 nitrogen and oxygen atoms in total. The van der Waals surface area contributed by atoms with Gasteiger partial charge in [-0.15, -0.1) is 10.2 Å². The van der Waals surface area contributed by atoms with Gasteiger partial charge in [0, 0.05) is 27.3 Å². The lowest BCUT2D eigenvalue weighted by atomic mass is 10.1. The average molecular weight is 557 g/mol. The number of hydrazone groups is 1. The Labute approximate surface area is 234 Å². The normalized spacial score (nSPS) is 12.1. The Kier molecular flexibility index (Phi) is 8.10. The lowest BCUT2D eigenvalue weighted by Crippen LogP contribution is -2.27. The number of hydrogen-bond acceptors (Lipinski definition) is 7. The Hall–Kier alpha value is -4.34. The van der Waals surface area contributed by atoms with Gasteiger partial charge in [-0.1, -0.05) is 78.0 Å². The third-order valence-electron chi connectivity index (χ3n) is 5.96. The molecule has 0 aliphatic heterocycles. The molecular formula is C29H25ClN6O2S. The van der Waals surface area contributed by atoms with Gasteiger partial charge in [-0.05, 0) is 48.7 Å². The van der Waals surface area contributed by atoms with Gasteiger partial charge < -0.3 is 10.4 Å². The molecule has 196 valence electrons. The second kappa shape index (κ2) is 12.0. The molecule has 0 bridgehead atoms. The number of rotatable bonds is 9. The van der Waals surface area contributed by atoms with Gasteiger partial charge >= 0.3 is 0 Å². The number of phenolic OH excluding ortho intramolecular Hbond substituents is 1. The summed E-state index contributed by atoms with van der Waals surface area (Å²) in [5.74, 6) is 0.398. The zero-order valence-electron chi connectivity index (χ0n) is 21.0. The van der Waals surface area contributed by atoms with Crippen LogP contribution in [0, 0.1) is 0 Å². The Balaban J connectivity index is 1.33. The number of nitrogens with one attached hydrogen (secondary N) is 2. The van der Waals surface area contributed by atoms with E-state index in [1.165, 1.54) is 24.0 Å². The number of amides is 1. The molecule has 0 saturated heterocycles. The van der Waals surface area contributed by atoms with E-state index in [0.717, 1.165) is 22.1 Å². The van der Waals surface area contributed by atoms with E-state index in [-0.39, 0.29) is 11.7 Å². The first-order valence-corrected chi connectivity index (χ1v) is 13.4. The van der Waals surface area contributed by atoms with Gasteiger partial charge in [0.2, 0.25) is 0 Å². The third kappa shape index (κ3) is 6.22. The smallest absolute Gasteiger partial charge is 0.253 e. The summed E-state index contributed by atoms with van der Waals surface area (Å²) in [7, 11) is 0. The van der Waals surface area contributed by atoms with E-state index in [4.69, 9.17) is 11.6 Å². The van der Waals surface area contributed by atoms with Gasteiger partial charge in [0.1, 0.15) is 5.75 Å². The Morgan fingerprint density at radius 2 is 1.82 bits per heavy atom. The molecule has 0 unspecified atom stereocenters. The van der Waals surface area contributed by atoms with E-state index < -0.39 is 5.25 Å². The first-order chi connectivity index (χ1) is 19.0. The van der Waals surface area contributed by atoms with Crippen LogP contribution in [0.2, 0.25) is 5.02 Å². The Morgan fingerprint density at radius 1 is 1.05 bits per heavy atom. The van der Waals surface area contributed by atoms with Gasteiger partial charge in [0.15, 0.2) is 11.0 Å². The number of carbonyl (C=O) groups excluding carboxylic acids is 1. The maximum atomic E-state index is 12.8. The summed E-state index contributed by atoms with van der Waals surface area (Å²) in [5, 5.41) is 29.0. The number of benzene rings is 4. The zero-order chi connectivity index (χ0) is 27.2. The quantitative estimate of drug-likeness (QED) is 0.116. The number of thioether (sulfide) groups is 1. The highest BCUT2D eigenvalue weighted by molar-refractivity contribution is 8.00. The lowest BCUT2D eigenvalue weighted by Gasteiger charge is -2.14. The summed E-state index contributed by atoms with van der Waals surface area (Å²) in [4.78, 5) is 12.8. The zero-order valence-corrected chi connectivity index (χ0v) is 22.5. The SMILES string of the molecule is C[C@H](Sc1nnc(CNc2cccc3ccccc23)n1-c1ccccc1)C(=O)N/N=C/c1cc(Cl)ccc1O. The van der Waals surface area contributed by atoms with Crippen molar-refractivity contribution in [1.29, 1.82) is 0 Å². The molecule has 4 aromatic carbocycles. The average Bonchev–Trinajstić information content (AvgIpc) is 3.36. The van der Waals surface area contributed by atoms with E-state index >= 15 is 0 Å². The van der Waals surface area contributed by atoms with Gasteiger partial charge in [0.05, 0.1) is 18.0 Å². The summed E-state index contributed by atoms with van der Waals surface area (Å²) >= 11 is 7.24. The highest BCUT2D eigenvalue weighted by Crippen LogP contribution is 2.28. The molecule has 0 aliphatic carbocycles. The van der Waals surface area contributed by atoms with Crippen molar-refractivity contribution in [2.24, 2.45) is 5.10 Å². The summed E-state index contributed by atoms with van der Waals surface area (Å²) in [6.07, 6.45) is 1.35. The predicted octanol–water partition coefficient (Wildman–Crippen LogP) is 6.02. The van der Waals surface area contributed by atoms with Crippen LogP contribution in [0.1, 0.15) is 18.3 Å². The number of carbonyl (C=O) groups is 1. The molecule has 0 fully saturated rings. The highest BCUT2D eigenvalue weighted by Gasteiger charge is 2.21. The second-order valence-corrected chi connectivity index (χ2v) is 10.4. The number of halogens is 1. The van der Waals surface area contributed by atoms with Crippen LogP contribution in [0.25, 0.3) is 16.5 Å². The largest absolute Gasteiger partial charge is 0.507 e. The fourth-order valence-electron chi connectivity index (χ4n) is 3.98. The van der Waals surface area contributed by atoms with Crippen molar-refractivity contribution in [3.05, 3.63) is 107 Å². The monoisotopic (exact) mass is 556 g/mol. The molecule has 1 heterocycles. The van der Waals surface area contributed by atoms with E-state index in [9.17, 15) is 9.90 Å². The van der Waals surface area contributed by atoms with Crippen LogP contribution in [-0.2, 0) is 11.3 Å². The van der Waals surface area contributed by atoms with Crippen LogP contribution in [0.15, 0.2) is 101 Å². The van der Waals surface area contributed by atoms with Gasteiger partial charge in [-0.25, -0.2) is 5.43 Å². The van der Waals surface area contributed by atoms with Crippen molar-refractivity contribution in [3.63, 3.8) is 0 Å². The van der Waals surface area contributed by atoms with Crippen molar-refractivity contribution in [2.45, 2.75) is 23.9 Å². The number of nitrogens with zero attached hydrogens (tertiary/aromatic N) is 4. The minimum Gasteiger partial charge on any atom is -0.507 e. The highest BCUT2D eigenvalue weighted by atomic mass is 35.5. The minimum atomic E-state index is -0.527. The van der Waals surface area contributed by atoms with E-state index in [0.29, 0.717) is 28.1 Å². The summed E-state index contributed by atoms with van der Waals surface area (Å²) in [6, 6.07) is 28.7. The van der Waals surface area contributed by atoms with Crippen LogP contribution in [0.3, 0.4) is 0 Å². The van der Waals surface area contributed by atoms with Crippen LogP contribution in [-0.4, -0.2) is 37.2 Å². The maximum Gasteiger partial charge on any atom is 0.253 e. The van der Waals surface area contributed by atoms with Crippen LogP contribution >= 0.6 is 23.4 Å². The predicted molar refractivity (Wildman–Crippen MR) is 157 cm³/mol. The number of aromatic hydroxyl groups is 1. The summed E-state index contributed by atoms with van der Waals surface area (Å²) in [5.41, 5.74) is 4.80. The lowest BCUT2D eigenvalue weighted by molar-refractivity contribution is -0.120. The Morgan fingerprint density at radius 3 is 2.67 bits per heavy atom. The van der Waals surface area contributed by atoms with Crippen LogP contribution in [0.5, 0.6) is 5.75 Å². The minimum absolute atomic E-state index is 0.0143. The fourth-order valence-corrected chi connectivity index (χ4v) is 5.04. The molecule has 0 aliphatic rings. The second-order valence-electron chi connectivity index (χ2n) is 8.65. The van der Waals surface area contributed by atoms with Crippen molar-refractivity contribution >= 4 is 51.9 Å². The number of para-hydroxylation sites is 1. The van der Waals surface area contributed by atoms with Crippen molar-refractivity contribution in [1.82, 2.24) is 20.2 Å². The first-order valence-electron chi connectivity index (χ1n) is 12.2. The fraction of sp³-hybridized carbons (Fsp3) is 0.103. The topological polar surface area (TPSA) is 104 Å². The number of aromatic nitrogens is 3. The number of phenols is 1. The molecule has 1 atom stereocenters. The molecular weight excluding hydrogens is 532 g/mol. The number of hydrogen-bond donors (Lipinski definition) is 3. The number of fused-ring (bicyclic) bond motifs is 1. The van der Waals surface area contributed by atoms with E-state index in [1.54, 1.807) is 19.1 Å². The van der Waals surface area contributed by atoms with Gasteiger partial charge in [0.25, 0.3) is 5.91 Å². The number of anilines is 1. The molecule has 10 heteroatoms. The maximum absolute atomic E-state index is 12.8. The van der Waals surface area contributed by atoms with E-state index in [1.807, 2.05) is 59.2 Å². The summed E-state index contributed by atoms with van der Waals surface area (Å²) in [6.45, 7) is 2.20. The Bertz CT molecular complexity index is 1630. The van der Waals surface area contributed by atoms with Crippen molar-refractivity contribution in [2.75, 3.05) is 5.32 Å². The molecule has 5 aromatic rings. The summed E-state index contributed by atoms with van der Waals surface area (Å²) < 4.78 is 1.94. The molecule has 1 amide bonds. The van der Waals surface area contributed by atoms with Crippen LogP contribution in [0.4, 0.5) is 5.69 Å². The standard InChI is InChI=1S/C29H25ClN6O2S/c1-19(28(38)34-32-17-21-16-22(30)14-15-26(21)37)39-29-35-33-27(36(29)23-10-3-2-4-11-23)18-31-25-13-7-9-20-8-5-6-12-24(20)25/h2-17,19,31,37H,18H2,1H3,(H,34,38)/b32-17+/t19-/m0/s1. The molecule has 0 spiro atoms. The molecule has 0 radical (unpaired) electrons. The molecule has 39 heavy (non-hydrogen) atoms. The molecule has 0 saturated carbocycles. The molecule has 1 aromatic heterocycles.